The van der Waals surface area contributed by atoms with E-state index in [2.05, 4.69) is 32.2 Å². The summed E-state index contributed by atoms with van der Waals surface area (Å²) in [5, 5.41) is 11.8. The SMILES string of the molecule is CCCc1noc([C@@H](C)Sc2n[nH]c(-c3ccccc3)n2)n1. The highest BCUT2D eigenvalue weighted by molar-refractivity contribution is 7.99. The van der Waals surface area contributed by atoms with Gasteiger partial charge in [-0.25, -0.2) is 4.98 Å². The minimum atomic E-state index is 0.0116. The number of aryl methyl sites for hydroxylation is 1. The molecule has 7 heteroatoms. The van der Waals surface area contributed by atoms with Crippen LogP contribution in [0.2, 0.25) is 0 Å². The minimum Gasteiger partial charge on any atom is -0.338 e. The first-order chi connectivity index (χ1) is 10.8. The summed E-state index contributed by atoms with van der Waals surface area (Å²) < 4.78 is 5.29. The first-order valence-electron chi connectivity index (χ1n) is 7.23. The van der Waals surface area contributed by atoms with Crippen LogP contribution < -0.4 is 0 Å². The molecule has 6 nitrogen and oxygen atoms in total. The molecule has 0 amide bonds. The minimum absolute atomic E-state index is 0.0116. The largest absolute Gasteiger partial charge is 0.338 e. The highest BCUT2D eigenvalue weighted by atomic mass is 32.2. The van der Waals surface area contributed by atoms with Crippen molar-refractivity contribution in [1.29, 1.82) is 0 Å². The van der Waals surface area contributed by atoms with Crippen molar-refractivity contribution in [3.05, 3.63) is 42.0 Å². The molecule has 2 aromatic heterocycles. The van der Waals surface area contributed by atoms with Gasteiger partial charge in [0.05, 0.1) is 5.25 Å². The van der Waals surface area contributed by atoms with Gasteiger partial charge in [-0.3, -0.25) is 5.10 Å². The van der Waals surface area contributed by atoms with E-state index >= 15 is 0 Å². The lowest BCUT2D eigenvalue weighted by molar-refractivity contribution is 0.374. The molecule has 0 unspecified atom stereocenters. The monoisotopic (exact) mass is 315 g/mol. The Morgan fingerprint density at radius 2 is 2.05 bits per heavy atom. The molecule has 1 aromatic carbocycles. The van der Waals surface area contributed by atoms with E-state index in [1.54, 1.807) is 0 Å². The number of nitrogens with zero attached hydrogens (tertiary/aromatic N) is 4. The number of rotatable bonds is 6. The normalized spacial score (nSPS) is 12.5. The molecule has 2 heterocycles. The molecule has 3 rings (SSSR count). The zero-order valence-electron chi connectivity index (χ0n) is 12.5. The molecule has 0 saturated carbocycles. The molecule has 1 N–H and O–H groups in total. The number of aromatic amines is 1. The number of benzene rings is 1. The summed E-state index contributed by atoms with van der Waals surface area (Å²) in [5.74, 6) is 2.12. The predicted molar refractivity (Wildman–Crippen MR) is 84.4 cm³/mol. The smallest absolute Gasteiger partial charge is 0.239 e. The molecular formula is C15H17N5OS. The Labute approximate surface area is 132 Å². The fourth-order valence-electron chi connectivity index (χ4n) is 1.99. The van der Waals surface area contributed by atoms with Crippen molar-refractivity contribution < 1.29 is 4.52 Å². The van der Waals surface area contributed by atoms with Gasteiger partial charge >= 0.3 is 0 Å². The molecule has 0 fully saturated rings. The first kappa shape index (κ1) is 14.8. The third-order valence-electron chi connectivity index (χ3n) is 3.10. The van der Waals surface area contributed by atoms with Crippen LogP contribution in [0.4, 0.5) is 0 Å². The van der Waals surface area contributed by atoms with Gasteiger partial charge in [-0.2, -0.15) is 4.98 Å². The summed E-state index contributed by atoms with van der Waals surface area (Å²) in [5.41, 5.74) is 1.01. The van der Waals surface area contributed by atoms with Crippen molar-refractivity contribution in [1.82, 2.24) is 25.3 Å². The molecule has 0 bridgehead atoms. The van der Waals surface area contributed by atoms with E-state index in [4.69, 9.17) is 4.52 Å². The van der Waals surface area contributed by atoms with Crippen LogP contribution in [0.15, 0.2) is 40.0 Å². The lowest BCUT2D eigenvalue weighted by Crippen LogP contribution is -1.91. The number of thioether (sulfide) groups is 1. The van der Waals surface area contributed by atoms with E-state index in [0.717, 1.165) is 30.1 Å². The van der Waals surface area contributed by atoms with E-state index < -0.39 is 0 Å². The van der Waals surface area contributed by atoms with Crippen LogP contribution in [-0.2, 0) is 6.42 Å². The summed E-state index contributed by atoms with van der Waals surface area (Å²) >= 11 is 1.49. The molecule has 3 aromatic rings. The van der Waals surface area contributed by atoms with Crippen molar-refractivity contribution >= 4 is 11.8 Å². The maximum atomic E-state index is 5.29. The van der Waals surface area contributed by atoms with Gasteiger partial charge in [-0.15, -0.1) is 5.10 Å². The molecule has 0 radical (unpaired) electrons. The average molecular weight is 315 g/mol. The summed E-state index contributed by atoms with van der Waals surface area (Å²) in [6.07, 6.45) is 1.83. The second-order valence-electron chi connectivity index (χ2n) is 4.89. The van der Waals surface area contributed by atoms with E-state index in [1.807, 2.05) is 37.3 Å². The quantitative estimate of drug-likeness (QED) is 0.699. The highest BCUT2D eigenvalue weighted by Gasteiger charge is 2.18. The topological polar surface area (TPSA) is 80.5 Å². The summed E-state index contributed by atoms with van der Waals surface area (Å²) in [6, 6.07) is 9.91. The second kappa shape index (κ2) is 6.74. The van der Waals surface area contributed by atoms with E-state index in [-0.39, 0.29) is 5.25 Å². The van der Waals surface area contributed by atoms with Gasteiger partial charge in [0.15, 0.2) is 11.6 Å². The first-order valence-corrected chi connectivity index (χ1v) is 8.11. The third-order valence-corrected chi connectivity index (χ3v) is 4.05. The fraction of sp³-hybridized carbons (Fsp3) is 0.333. The van der Waals surface area contributed by atoms with Gasteiger partial charge in [0.25, 0.3) is 0 Å². The Morgan fingerprint density at radius 1 is 1.23 bits per heavy atom. The number of hydrogen-bond acceptors (Lipinski definition) is 6. The molecule has 0 aliphatic rings. The summed E-state index contributed by atoms with van der Waals surface area (Å²) in [7, 11) is 0. The van der Waals surface area contributed by atoms with Crippen molar-refractivity contribution in [3.63, 3.8) is 0 Å². The van der Waals surface area contributed by atoms with Gasteiger partial charge in [0.1, 0.15) is 0 Å². The van der Waals surface area contributed by atoms with Crippen LogP contribution in [0.25, 0.3) is 11.4 Å². The number of nitrogens with one attached hydrogen (secondary N) is 1. The Balaban J connectivity index is 1.69. The van der Waals surface area contributed by atoms with E-state index in [9.17, 15) is 0 Å². The van der Waals surface area contributed by atoms with Gasteiger partial charge < -0.3 is 4.52 Å². The lowest BCUT2D eigenvalue weighted by atomic mass is 10.2. The van der Waals surface area contributed by atoms with Gasteiger partial charge in [-0.05, 0) is 13.3 Å². The van der Waals surface area contributed by atoms with Gasteiger partial charge in [-0.1, -0.05) is 54.2 Å². The van der Waals surface area contributed by atoms with Crippen molar-refractivity contribution in [2.24, 2.45) is 0 Å². The molecule has 0 spiro atoms. The number of hydrogen-bond donors (Lipinski definition) is 1. The molecule has 0 aliphatic heterocycles. The van der Waals surface area contributed by atoms with Crippen LogP contribution >= 0.6 is 11.8 Å². The molecule has 114 valence electrons. The zero-order chi connectivity index (χ0) is 15.4. The van der Waals surface area contributed by atoms with Gasteiger partial charge in [0.2, 0.25) is 11.0 Å². The standard InChI is InChI=1S/C15H17N5OS/c1-3-7-12-16-14(21-20-12)10(2)22-15-17-13(18-19-15)11-8-5-4-6-9-11/h4-6,8-10H,3,7H2,1-2H3,(H,17,18,19)/t10-/m1/s1. The molecule has 0 aliphatic carbocycles. The van der Waals surface area contributed by atoms with E-state index in [0.29, 0.717) is 11.0 Å². The number of H-pyrrole nitrogens is 1. The second-order valence-corrected chi connectivity index (χ2v) is 6.20. The average Bonchev–Trinajstić information content (AvgIpc) is 3.18. The van der Waals surface area contributed by atoms with Crippen LogP contribution in [0.3, 0.4) is 0 Å². The van der Waals surface area contributed by atoms with Crippen LogP contribution in [0.5, 0.6) is 0 Å². The van der Waals surface area contributed by atoms with Crippen LogP contribution in [0.1, 0.15) is 37.2 Å². The van der Waals surface area contributed by atoms with E-state index in [1.165, 1.54) is 11.8 Å². The maximum Gasteiger partial charge on any atom is 0.239 e. The van der Waals surface area contributed by atoms with Crippen molar-refractivity contribution in [2.45, 2.75) is 37.1 Å². The number of aromatic nitrogens is 5. The Kier molecular flexibility index (Phi) is 4.53. The zero-order valence-corrected chi connectivity index (χ0v) is 13.3. The Bertz CT molecular complexity index is 724. The van der Waals surface area contributed by atoms with Crippen molar-refractivity contribution in [3.8, 4) is 11.4 Å². The van der Waals surface area contributed by atoms with Crippen LogP contribution in [0, 0.1) is 0 Å². The molecule has 1 atom stereocenters. The Hall–Kier alpha value is -2.15. The van der Waals surface area contributed by atoms with Crippen LogP contribution in [-0.4, -0.2) is 25.3 Å². The molecule has 22 heavy (non-hydrogen) atoms. The fourth-order valence-corrected chi connectivity index (χ4v) is 2.75. The molecule has 0 saturated heterocycles. The Morgan fingerprint density at radius 3 is 2.82 bits per heavy atom. The third kappa shape index (κ3) is 3.36. The lowest BCUT2D eigenvalue weighted by Gasteiger charge is -2.01. The predicted octanol–water partition coefficient (Wildman–Crippen LogP) is 3.66. The molecular weight excluding hydrogens is 298 g/mol. The summed E-state index contributed by atoms with van der Waals surface area (Å²) in [4.78, 5) is 8.89. The highest BCUT2D eigenvalue weighted by Crippen LogP contribution is 2.32. The van der Waals surface area contributed by atoms with Crippen molar-refractivity contribution in [2.75, 3.05) is 0 Å². The van der Waals surface area contributed by atoms with Gasteiger partial charge in [0, 0.05) is 12.0 Å². The summed E-state index contributed by atoms with van der Waals surface area (Å²) in [6.45, 7) is 4.10. The maximum absolute atomic E-state index is 5.29.